The standard InChI is InChI=1S/C25H30ClN3O2/c1-3-29-17-20(23-14-22(31-2)7-8-24(23)29)16-28-11-9-19(10-12-28)25(30)27-15-18-5-4-6-21(26)13-18/h4-8,13-14,17,19H,3,9-12,15-16H2,1-2H3,(H,27,30). The fourth-order valence-corrected chi connectivity index (χ4v) is 4.65. The summed E-state index contributed by atoms with van der Waals surface area (Å²) in [6, 6.07) is 13.9. The molecule has 0 atom stereocenters. The van der Waals surface area contributed by atoms with Crippen LogP contribution in [-0.4, -0.2) is 35.6 Å². The van der Waals surface area contributed by atoms with Gasteiger partial charge < -0.3 is 14.6 Å². The number of hydrogen-bond acceptors (Lipinski definition) is 3. The van der Waals surface area contributed by atoms with Gasteiger partial charge in [-0.15, -0.1) is 0 Å². The molecular formula is C25H30ClN3O2. The first-order valence-electron chi connectivity index (χ1n) is 11.0. The van der Waals surface area contributed by atoms with E-state index in [2.05, 4.69) is 40.0 Å². The Bertz CT molecular complexity index is 1050. The molecule has 6 heteroatoms. The lowest BCUT2D eigenvalue weighted by molar-refractivity contribution is -0.126. The third-order valence-corrected chi connectivity index (χ3v) is 6.45. The summed E-state index contributed by atoms with van der Waals surface area (Å²) in [5.74, 6) is 1.11. The number of aromatic nitrogens is 1. The lowest BCUT2D eigenvalue weighted by Gasteiger charge is -2.31. The van der Waals surface area contributed by atoms with Crippen molar-refractivity contribution in [3.8, 4) is 5.75 Å². The van der Waals surface area contributed by atoms with Crippen molar-refractivity contribution in [1.82, 2.24) is 14.8 Å². The van der Waals surface area contributed by atoms with Crippen LogP contribution in [0, 0.1) is 5.92 Å². The normalized spacial score (nSPS) is 15.3. The number of fused-ring (bicyclic) bond motifs is 1. The summed E-state index contributed by atoms with van der Waals surface area (Å²) in [7, 11) is 1.71. The lowest BCUT2D eigenvalue weighted by Crippen LogP contribution is -2.40. The van der Waals surface area contributed by atoms with Gasteiger partial charge >= 0.3 is 0 Å². The highest BCUT2D eigenvalue weighted by Crippen LogP contribution is 2.28. The zero-order chi connectivity index (χ0) is 21.8. The molecule has 0 radical (unpaired) electrons. The van der Waals surface area contributed by atoms with E-state index in [4.69, 9.17) is 16.3 Å². The van der Waals surface area contributed by atoms with Crippen LogP contribution in [0.1, 0.15) is 30.9 Å². The van der Waals surface area contributed by atoms with Crippen molar-refractivity contribution in [3.05, 3.63) is 64.8 Å². The molecule has 4 rings (SSSR count). The number of methoxy groups -OCH3 is 1. The van der Waals surface area contributed by atoms with Gasteiger partial charge in [0.15, 0.2) is 0 Å². The Balaban J connectivity index is 1.34. The minimum absolute atomic E-state index is 0.0764. The predicted octanol–water partition coefficient (Wildman–Crippen LogP) is 4.85. The summed E-state index contributed by atoms with van der Waals surface area (Å²) in [5.41, 5.74) is 3.59. The first kappa shape index (κ1) is 21.7. The van der Waals surface area contributed by atoms with Crippen LogP contribution in [0.4, 0.5) is 0 Å². The average Bonchev–Trinajstić information content (AvgIpc) is 3.14. The summed E-state index contributed by atoms with van der Waals surface area (Å²) in [6.07, 6.45) is 4.03. The fraction of sp³-hybridized carbons (Fsp3) is 0.400. The van der Waals surface area contributed by atoms with Gasteiger partial charge in [0.25, 0.3) is 0 Å². The Labute approximate surface area is 188 Å². The van der Waals surface area contributed by atoms with Crippen LogP contribution >= 0.6 is 11.6 Å². The minimum atomic E-state index is 0.0764. The van der Waals surface area contributed by atoms with E-state index in [1.807, 2.05) is 30.3 Å². The van der Waals surface area contributed by atoms with Crippen LogP contribution in [0.2, 0.25) is 5.02 Å². The maximum absolute atomic E-state index is 12.6. The van der Waals surface area contributed by atoms with Gasteiger partial charge in [-0.3, -0.25) is 9.69 Å². The molecule has 5 nitrogen and oxygen atoms in total. The number of benzene rings is 2. The van der Waals surface area contributed by atoms with E-state index in [1.54, 1.807) is 7.11 Å². The maximum atomic E-state index is 12.6. The fourth-order valence-electron chi connectivity index (χ4n) is 4.44. The SMILES string of the molecule is CCn1cc(CN2CCC(C(=O)NCc3cccc(Cl)c3)CC2)c2cc(OC)ccc21. The molecule has 1 saturated heterocycles. The molecule has 0 saturated carbocycles. The van der Waals surface area contributed by atoms with Crippen molar-refractivity contribution in [3.63, 3.8) is 0 Å². The van der Waals surface area contributed by atoms with Crippen molar-refractivity contribution in [2.45, 2.75) is 39.4 Å². The van der Waals surface area contributed by atoms with Gasteiger partial charge in [-0.1, -0.05) is 23.7 Å². The topological polar surface area (TPSA) is 46.5 Å². The first-order valence-corrected chi connectivity index (χ1v) is 11.4. The van der Waals surface area contributed by atoms with Crippen LogP contribution in [0.3, 0.4) is 0 Å². The molecule has 2 heterocycles. The molecule has 164 valence electrons. The number of carbonyl (C=O) groups excluding carboxylic acids is 1. The second-order valence-electron chi connectivity index (χ2n) is 8.22. The van der Waals surface area contributed by atoms with Crippen molar-refractivity contribution in [2.75, 3.05) is 20.2 Å². The summed E-state index contributed by atoms with van der Waals surface area (Å²) in [5, 5.41) is 5.02. The lowest BCUT2D eigenvalue weighted by atomic mass is 9.95. The summed E-state index contributed by atoms with van der Waals surface area (Å²) in [4.78, 5) is 15.1. The summed E-state index contributed by atoms with van der Waals surface area (Å²) < 4.78 is 7.73. The molecule has 0 unspecified atom stereocenters. The van der Waals surface area contributed by atoms with E-state index in [9.17, 15) is 4.79 Å². The van der Waals surface area contributed by atoms with Gasteiger partial charge in [-0.25, -0.2) is 0 Å². The number of rotatable bonds is 7. The van der Waals surface area contributed by atoms with E-state index in [0.717, 1.165) is 50.3 Å². The molecule has 1 amide bonds. The molecular weight excluding hydrogens is 410 g/mol. The third kappa shape index (κ3) is 5.05. The Hall–Kier alpha value is -2.50. The highest BCUT2D eigenvalue weighted by molar-refractivity contribution is 6.30. The zero-order valence-corrected chi connectivity index (χ0v) is 19.0. The highest BCUT2D eigenvalue weighted by Gasteiger charge is 2.25. The van der Waals surface area contributed by atoms with Gasteiger partial charge in [-0.05, 0) is 74.3 Å². The van der Waals surface area contributed by atoms with Crippen molar-refractivity contribution < 1.29 is 9.53 Å². The van der Waals surface area contributed by atoms with Gasteiger partial charge in [0.1, 0.15) is 5.75 Å². The molecule has 1 aliphatic rings. The molecule has 31 heavy (non-hydrogen) atoms. The number of nitrogens with one attached hydrogen (secondary N) is 1. The number of piperidine rings is 1. The molecule has 1 N–H and O–H groups in total. The van der Waals surface area contributed by atoms with Gasteiger partial charge in [0.2, 0.25) is 5.91 Å². The second-order valence-corrected chi connectivity index (χ2v) is 8.66. The van der Waals surface area contributed by atoms with E-state index in [1.165, 1.54) is 16.5 Å². The number of likely N-dealkylation sites (tertiary alicyclic amines) is 1. The third-order valence-electron chi connectivity index (χ3n) is 6.22. The molecule has 0 bridgehead atoms. The zero-order valence-electron chi connectivity index (χ0n) is 18.2. The highest BCUT2D eigenvalue weighted by atomic mass is 35.5. The van der Waals surface area contributed by atoms with Crippen LogP contribution < -0.4 is 10.1 Å². The van der Waals surface area contributed by atoms with Crippen molar-refractivity contribution in [1.29, 1.82) is 0 Å². The number of amides is 1. The number of carbonyl (C=O) groups is 1. The Morgan fingerprint density at radius 1 is 1.19 bits per heavy atom. The van der Waals surface area contributed by atoms with E-state index < -0.39 is 0 Å². The Morgan fingerprint density at radius 2 is 2.00 bits per heavy atom. The molecule has 3 aromatic rings. The Morgan fingerprint density at radius 3 is 2.71 bits per heavy atom. The number of hydrogen-bond donors (Lipinski definition) is 1. The Kier molecular flexibility index (Phi) is 6.83. The van der Waals surface area contributed by atoms with E-state index >= 15 is 0 Å². The molecule has 1 aliphatic heterocycles. The number of ether oxygens (including phenoxy) is 1. The van der Waals surface area contributed by atoms with E-state index in [0.29, 0.717) is 11.6 Å². The number of nitrogens with zero attached hydrogens (tertiary/aromatic N) is 2. The van der Waals surface area contributed by atoms with Gasteiger partial charge in [0.05, 0.1) is 7.11 Å². The largest absolute Gasteiger partial charge is 0.497 e. The summed E-state index contributed by atoms with van der Waals surface area (Å²) in [6.45, 7) is 6.39. The monoisotopic (exact) mass is 439 g/mol. The van der Waals surface area contributed by atoms with Crippen LogP contribution in [0.15, 0.2) is 48.7 Å². The number of halogens is 1. The molecule has 0 spiro atoms. The van der Waals surface area contributed by atoms with Crippen molar-refractivity contribution >= 4 is 28.4 Å². The predicted molar refractivity (Wildman–Crippen MR) is 125 cm³/mol. The molecule has 1 aromatic heterocycles. The molecule has 2 aromatic carbocycles. The summed E-state index contributed by atoms with van der Waals surface area (Å²) >= 11 is 6.03. The second kappa shape index (κ2) is 9.75. The minimum Gasteiger partial charge on any atom is -0.497 e. The quantitative estimate of drug-likeness (QED) is 0.572. The molecule has 0 aliphatic carbocycles. The van der Waals surface area contributed by atoms with Crippen LogP contribution in [-0.2, 0) is 24.4 Å². The number of aryl methyl sites for hydroxylation is 1. The van der Waals surface area contributed by atoms with Gasteiger partial charge in [0, 0.05) is 47.7 Å². The molecule has 1 fully saturated rings. The maximum Gasteiger partial charge on any atom is 0.223 e. The van der Waals surface area contributed by atoms with E-state index in [-0.39, 0.29) is 11.8 Å². The van der Waals surface area contributed by atoms with Crippen LogP contribution in [0.25, 0.3) is 10.9 Å². The average molecular weight is 440 g/mol. The van der Waals surface area contributed by atoms with Crippen molar-refractivity contribution in [2.24, 2.45) is 5.92 Å². The first-order chi connectivity index (χ1) is 15.1. The van der Waals surface area contributed by atoms with Crippen LogP contribution in [0.5, 0.6) is 5.75 Å². The smallest absolute Gasteiger partial charge is 0.223 e. The van der Waals surface area contributed by atoms with Gasteiger partial charge in [-0.2, -0.15) is 0 Å².